The number of nitrogens with zero attached hydrogens (tertiary/aromatic N) is 2. The Morgan fingerprint density at radius 3 is 3.00 bits per heavy atom. The summed E-state index contributed by atoms with van der Waals surface area (Å²) in [4.78, 5) is 28.4. The van der Waals surface area contributed by atoms with E-state index in [1.807, 2.05) is 18.2 Å². The van der Waals surface area contributed by atoms with Gasteiger partial charge in [-0.1, -0.05) is 6.07 Å². The van der Waals surface area contributed by atoms with Crippen molar-refractivity contribution in [2.24, 2.45) is 5.73 Å². The van der Waals surface area contributed by atoms with E-state index < -0.39 is 5.91 Å². The molecular formula is C26H30N6O3. The van der Waals surface area contributed by atoms with E-state index in [0.717, 1.165) is 66.8 Å². The Kier molecular flexibility index (Phi) is 5.46. The summed E-state index contributed by atoms with van der Waals surface area (Å²) in [7, 11) is 0. The fourth-order valence-electron chi connectivity index (χ4n) is 5.33. The van der Waals surface area contributed by atoms with Crippen molar-refractivity contribution in [1.82, 2.24) is 25.3 Å². The molecule has 1 unspecified atom stereocenters. The number of rotatable bonds is 6. The second kappa shape index (κ2) is 8.66. The summed E-state index contributed by atoms with van der Waals surface area (Å²) in [5, 5.41) is 3.50. The minimum atomic E-state index is -0.548. The second-order valence-corrected chi connectivity index (χ2v) is 9.94. The smallest absolute Gasteiger partial charge is 0.254 e. The molecule has 2 aliphatic heterocycles. The largest absolute Gasteiger partial charge is 0.491 e. The van der Waals surface area contributed by atoms with Crippen LogP contribution in [0.5, 0.6) is 5.75 Å². The van der Waals surface area contributed by atoms with Gasteiger partial charge in [0.25, 0.3) is 5.91 Å². The fraction of sp³-hybridized carbons (Fsp3) is 0.423. The summed E-state index contributed by atoms with van der Waals surface area (Å²) in [5.74, 6) is 1.17. The van der Waals surface area contributed by atoms with Crippen LogP contribution in [0.25, 0.3) is 33.2 Å². The molecule has 9 heteroatoms. The predicted molar refractivity (Wildman–Crippen MR) is 134 cm³/mol. The van der Waals surface area contributed by atoms with E-state index in [9.17, 15) is 4.79 Å². The number of amides is 1. The Morgan fingerprint density at radius 1 is 1.31 bits per heavy atom. The van der Waals surface area contributed by atoms with E-state index in [-0.39, 0.29) is 11.5 Å². The topological polar surface area (TPSA) is 131 Å². The number of ether oxygens (including phenoxy) is 2. The molecule has 0 radical (unpaired) electrons. The van der Waals surface area contributed by atoms with Gasteiger partial charge in [0, 0.05) is 23.6 Å². The standard InChI is InChI=1S/C26H30N6O3/c1-26(7-3-8-30-26)13-35-20-11-17(22-23(29-14-28-22)21(20)24(27)33)15-5-6-18-19(10-15)32-25(31-18)16-4-2-9-34-12-16/h5-6,10-11,14,16,30H,2-4,7-9,12-13H2,1H3,(H2,27,33)(H,28,29)(H,31,32)/t16?,26-/m1/s1. The van der Waals surface area contributed by atoms with Crippen LogP contribution in [0.1, 0.15) is 54.7 Å². The summed E-state index contributed by atoms with van der Waals surface area (Å²) in [5.41, 5.74) is 10.9. The molecule has 4 aromatic rings. The molecule has 0 saturated carbocycles. The van der Waals surface area contributed by atoms with Crippen LogP contribution in [0.4, 0.5) is 0 Å². The molecular weight excluding hydrogens is 444 g/mol. The van der Waals surface area contributed by atoms with Gasteiger partial charge in [-0.2, -0.15) is 0 Å². The Hall–Kier alpha value is -3.43. The van der Waals surface area contributed by atoms with Crippen LogP contribution in [0.3, 0.4) is 0 Å². The summed E-state index contributed by atoms with van der Waals surface area (Å²) < 4.78 is 11.9. The van der Waals surface area contributed by atoms with Crippen LogP contribution < -0.4 is 15.8 Å². The maximum Gasteiger partial charge on any atom is 0.254 e. The molecule has 4 heterocycles. The molecule has 2 atom stereocenters. The van der Waals surface area contributed by atoms with Crippen LogP contribution in [-0.4, -0.2) is 57.7 Å². The molecule has 0 spiro atoms. The maximum absolute atomic E-state index is 12.4. The number of hydrogen-bond donors (Lipinski definition) is 4. The number of carbonyl (C=O) groups is 1. The molecule has 2 saturated heterocycles. The minimum absolute atomic E-state index is 0.133. The molecule has 0 bridgehead atoms. The number of aromatic nitrogens is 4. The number of fused-ring (bicyclic) bond motifs is 2. The van der Waals surface area contributed by atoms with Crippen molar-refractivity contribution in [2.45, 2.75) is 44.1 Å². The highest BCUT2D eigenvalue weighted by molar-refractivity contribution is 6.10. The van der Waals surface area contributed by atoms with Gasteiger partial charge >= 0.3 is 0 Å². The van der Waals surface area contributed by atoms with Crippen LogP contribution >= 0.6 is 0 Å². The summed E-state index contributed by atoms with van der Waals surface area (Å²) in [6.45, 7) is 5.07. The average Bonchev–Trinajstić information content (AvgIpc) is 3.61. The molecule has 5 N–H and O–H groups in total. The lowest BCUT2D eigenvalue weighted by molar-refractivity contribution is 0.0784. The van der Waals surface area contributed by atoms with Gasteiger partial charge in [-0.25, -0.2) is 9.97 Å². The van der Waals surface area contributed by atoms with Gasteiger partial charge in [0.2, 0.25) is 0 Å². The van der Waals surface area contributed by atoms with Crippen LogP contribution in [0.15, 0.2) is 30.6 Å². The Bertz CT molecular complexity index is 1400. The molecule has 2 aromatic carbocycles. The third kappa shape index (κ3) is 4.04. The van der Waals surface area contributed by atoms with Crippen molar-refractivity contribution in [3.63, 3.8) is 0 Å². The number of aromatic amines is 2. The number of imidazole rings is 2. The first-order valence-electron chi connectivity index (χ1n) is 12.3. The minimum Gasteiger partial charge on any atom is -0.491 e. The first-order chi connectivity index (χ1) is 17.0. The molecule has 6 rings (SSSR count). The van der Waals surface area contributed by atoms with E-state index in [1.54, 1.807) is 6.33 Å². The third-order valence-electron chi connectivity index (χ3n) is 7.27. The molecule has 9 nitrogen and oxygen atoms in total. The number of benzene rings is 2. The predicted octanol–water partition coefficient (Wildman–Crippen LogP) is 3.62. The van der Waals surface area contributed by atoms with Crippen molar-refractivity contribution in [3.8, 4) is 16.9 Å². The highest BCUT2D eigenvalue weighted by atomic mass is 16.5. The van der Waals surface area contributed by atoms with E-state index in [1.165, 1.54) is 0 Å². The highest BCUT2D eigenvalue weighted by Crippen LogP contribution is 2.37. The number of H-pyrrole nitrogens is 2. The van der Waals surface area contributed by atoms with Gasteiger partial charge in [-0.15, -0.1) is 0 Å². The molecule has 2 aliphatic rings. The SMILES string of the molecule is C[C@]1(COc2cc(-c3ccc4nc(C5CCCOC5)[nH]c4c3)c3nc[nH]c3c2C(N)=O)CCCN1. The zero-order valence-corrected chi connectivity index (χ0v) is 19.8. The van der Waals surface area contributed by atoms with E-state index >= 15 is 0 Å². The van der Waals surface area contributed by atoms with Crippen molar-refractivity contribution in [1.29, 1.82) is 0 Å². The summed E-state index contributed by atoms with van der Waals surface area (Å²) in [6, 6.07) is 8.00. The Labute approximate surface area is 202 Å². The fourth-order valence-corrected chi connectivity index (χ4v) is 5.33. The van der Waals surface area contributed by atoms with Crippen LogP contribution in [-0.2, 0) is 4.74 Å². The second-order valence-electron chi connectivity index (χ2n) is 9.94. The number of carbonyl (C=O) groups excluding carboxylic acids is 1. The Morgan fingerprint density at radius 2 is 2.23 bits per heavy atom. The van der Waals surface area contributed by atoms with Crippen molar-refractivity contribution in [3.05, 3.63) is 42.0 Å². The zero-order valence-electron chi connectivity index (χ0n) is 19.8. The average molecular weight is 475 g/mol. The van der Waals surface area contributed by atoms with Gasteiger partial charge in [-0.05, 0) is 62.9 Å². The Balaban J connectivity index is 1.41. The number of nitrogens with two attached hydrogens (primary N) is 1. The normalized spacial score (nSPS) is 22.7. The van der Waals surface area contributed by atoms with Crippen LogP contribution in [0, 0.1) is 0 Å². The van der Waals surface area contributed by atoms with Gasteiger partial charge in [0.05, 0.1) is 35.0 Å². The van der Waals surface area contributed by atoms with Gasteiger partial charge in [-0.3, -0.25) is 4.79 Å². The lowest BCUT2D eigenvalue weighted by Gasteiger charge is -2.25. The highest BCUT2D eigenvalue weighted by Gasteiger charge is 2.30. The van der Waals surface area contributed by atoms with E-state index in [0.29, 0.717) is 35.6 Å². The van der Waals surface area contributed by atoms with E-state index in [2.05, 4.69) is 33.3 Å². The lowest BCUT2D eigenvalue weighted by atomic mass is 9.99. The molecule has 2 fully saturated rings. The first-order valence-corrected chi connectivity index (χ1v) is 12.3. The summed E-state index contributed by atoms with van der Waals surface area (Å²) >= 11 is 0. The molecule has 0 aliphatic carbocycles. The van der Waals surface area contributed by atoms with Gasteiger partial charge < -0.3 is 30.5 Å². The maximum atomic E-state index is 12.4. The molecule has 2 aromatic heterocycles. The first kappa shape index (κ1) is 22.1. The van der Waals surface area contributed by atoms with Gasteiger partial charge in [0.15, 0.2) is 0 Å². The van der Waals surface area contributed by atoms with Crippen molar-refractivity contribution in [2.75, 3.05) is 26.4 Å². The van der Waals surface area contributed by atoms with Crippen LogP contribution in [0.2, 0.25) is 0 Å². The van der Waals surface area contributed by atoms with Crippen molar-refractivity contribution < 1.29 is 14.3 Å². The monoisotopic (exact) mass is 474 g/mol. The molecule has 1 amide bonds. The van der Waals surface area contributed by atoms with Gasteiger partial charge in [0.1, 0.15) is 23.7 Å². The number of hydrogen-bond acceptors (Lipinski definition) is 6. The third-order valence-corrected chi connectivity index (χ3v) is 7.27. The molecule has 35 heavy (non-hydrogen) atoms. The van der Waals surface area contributed by atoms with E-state index in [4.69, 9.17) is 20.2 Å². The molecule has 182 valence electrons. The number of nitrogens with one attached hydrogen (secondary N) is 3. The lowest BCUT2D eigenvalue weighted by Crippen LogP contribution is -2.42. The summed E-state index contributed by atoms with van der Waals surface area (Å²) in [6.07, 6.45) is 5.83. The number of primary amides is 1. The quantitative estimate of drug-likeness (QED) is 0.338. The van der Waals surface area contributed by atoms with Crippen molar-refractivity contribution >= 4 is 28.0 Å². The zero-order chi connectivity index (χ0) is 24.0.